The van der Waals surface area contributed by atoms with Crippen LogP contribution in [-0.4, -0.2) is 18.9 Å². The first kappa shape index (κ1) is 11.0. The molecule has 0 radical (unpaired) electrons. The van der Waals surface area contributed by atoms with Crippen LogP contribution in [-0.2, 0) is 14.3 Å². The van der Waals surface area contributed by atoms with E-state index in [-0.39, 0.29) is 11.9 Å². The van der Waals surface area contributed by atoms with Crippen molar-refractivity contribution in [1.82, 2.24) is 0 Å². The smallest absolute Gasteiger partial charge is 0.333 e. The summed E-state index contributed by atoms with van der Waals surface area (Å²) in [5.74, 6) is -0.193. The van der Waals surface area contributed by atoms with Crippen molar-refractivity contribution in [3.05, 3.63) is 23.3 Å². The third-order valence-electron chi connectivity index (χ3n) is 4.48. The van der Waals surface area contributed by atoms with Crippen LogP contribution in [0, 0.1) is 11.8 Å². The Morgan fingerprint density at radius 1 is 1.41 bits per heavy atom. The van der Waals surface area contributed by atoms with Gasteiger partial charge in [0.1, 0.15) is 0 Å². The van der Waals surface area contributed by atoms with Crippen LogP contribution in [0.4, 0.5) is 0 Å². The standard InChI is InChI=1S/C14H18O3/c1-9-7-11-5-3-10(9)4-6-12-8-13(15)17-14(11,12)16-2/h7-8,10-11H,3-6H2,1-2H3. The molecule has 0 amide bonds. The molecule has 1 fully saturated rings. The first-order chi connectivity index (χ1) is 8.15. The summed E-state index contributed by atoms with van der Waals surface area (Å²) >= 11 is 0. The highest BCUT2D eigenvalue weighted by molar-refractivity contribution is 5.86. The Kier molecular flexibility index (Phi) is 2.40. The first-order valence-corrected chi connectivity index (χ1v) is 6.33. The summed E-state index contributed by atoms with van der Waals surface area (Å²) in [4.78, 5) is 11.6. The quantitative estimate of drug-likeness (QED) is 0.516. The van der Waals surface area contributed by atoms with Crippen LogP contribution in [0.2, 0.25) is 0 Å². The second kappa shape index (κ2) is 3.70. The lowest BCUT2D eigenvalue weighted by Crippen LogP contribution is -2.44. The molecule has 0 aromatic heterocycles. The number of rotatable bonds is 1. The van der Waals surface area contributed by atoms with E-state index in [1.54, 1.807) is 13.2 Å². The Labute approximate surface area is 101 Å². The second-order valence-corrected chi connectivity index (χ2v) is 5.29. The number of fused-ring (bicyclic) bond motifs is 2. The lowest BCUT2D eigenvalue weighted by molar-refractivity contribution is -0.210. The van der Waals surface area contributed by atoms with Gasteiger partial charge >= 0.3 is 5.97 Å². The zero-order valence-electron chi connectivity index (χ0n) is 10.4. The van der Waals surface area contributed by atoms with Gasteiger partial charge in [0.2, 0.25) is 5.79 Å². The van der Waals surface area contributed by atoms with Gasteiger partial charge < -0.3 is 9.47 Å². The van der Waals surface area contributed by atoms with Crippen LogP contribution in [0.5, 0.6) is 0 Å². The fraction of sp³-hybridized carbons (Fsp3) is 0.643. The summed E-state index contributed by atoms with van der Waals surface area (Å²) < 4.78 is 11.1. The van der Waals surface area contributed by atoms with E-state index in [0.717, 1.165) is 24.8 Å². The average molecular weight is 234 g/mol. The van der Waals surface area contributed by atoms with Crippen molar-refractivity contribution in [2.24, 2.45) is 11.8 Å². The van der Waals surface area contributed by atoms with Gasteiger partial charge in [-0.1, -0.05) is 11.6 Å². The number of hydrogen-bond donors (Lipinski definition) is 0. The van der Waals surface area contributed by atoms with Gasteiger partial charge in [0, 0.05) is 24.7 Å². The Bertz CT molecular complexity index is 421. The van der Waals surface area contributed by atoms with Crippen LogP contribution >= 0.6 is 0 Å². The molecule has 4 aliphatic rings. The number of allylic oxidation sites excluding steroid dienone is 1. The molecule has 0 saturated heterocycles. The highest BCUT2D eigenvalue weighted by atomic mass is 16.7. The van der Waals surface area contributed by atoms with Crippen LogP contribution < -0.4 is 0 Å². The summed E-state index contributed by atoms with van der Waals surface area (Å²) in [6, 6.07) is 0. The molecular formula is C14H18O3. The summed E-state index contributed by atoms with van der Waals surface area (Å²) in [6.07, 6.45) is 8.12. The predicted octanol–water partition coefficient (Wildman–Crippen LogP) is 2.58. The van der Waals surface area contributed by atoms with E-state index in [9.17, 15) is 4.79 Å². The Hall–Kier alpha value is -1.09. The van der Waals surface area contributed by atoms with Crippen LogP contribution in [0.1, 0.15) is 32.6 Å². The van der Waals surface area contributed by atoms with Crippen molar-refractivity contribution in [1.29, 1.82) is 0 Å². The average Bonchev–Trinajstić information content (AvgIpc) is 2.62. The monoisotopic (exact) mass is 234 g/mol. The van der Waals surface area contributed by atoms with Crippen molar-refractivity contribution in [2.75, 3.05) is 7.11 Å². The highest BCUT2D eigenvalue weighted by Crippen LogP contribution is 2.48. The Morgan fingerprint density at radius 3 is 2.94 bits per heavy atom. The van der Waals surface area contributed by atoms with E-state index in [1.807, 2.05) is 0 Å². The molecule has 4 rings (SSSR count). The lowest BCUT2D eigenvalue weighted by Gasteiger charge is -2.42. The van der Waals surface area contributed by atoms with Gasteiger partial charge in [0.15, 0.2) is 0 Å². The summed E-state index contributed by atoms with van der Waals surface area (Å²) in [5, 5.41) is 0. The van der Waals surface area contributed by atoms with Gasteiger partial charge in [-0.25, -0.2) is 4.79 Å². The van der Waals surface area contributed by atoms with E-state index in [1.165, 1.54) is 12.0 Å². The minimum atomic E-state index is -0.802. The maximum atomic E-state index is 11.6. The fourth-order valence-corrected chi connectivity index (χ4v) is 3.52. The van der Waals surface area contributed by atoms with E-state index in [2.05, 4.69) is 13.0 Å². The van der Waals surface area contributed by atoms with E-state index < -0.39 is 5.79 Å². The van der Waals surface area contributed by atoms with Crippen LogP contribution in [0.3, 0.4) is 0 Å². The summed E-state index contributed by atoms with van der Waals surface area (Å²) in [5.41, 5.74) is 2.46. The van der Waals surface area contributed by atoms with Gasteiger partial charge in [-0.2, -0.15) is 0 Å². The Balaban J connectivity index is 2.08. The zero-order valence-corrected chi connectivity index (χ0v) is 10.4. The van der Waals surface area contributed by atoms with Gasteiger partial charge in [0.25, 0.3) is 0 Å². The third-order valence-corrected chi connectivity index (χ3v) is 4.48. The van der Waals surface area contributed by atoms with Crippen molar-refractivity contribution < 1.29 is 14.3 Å². The van der Waals surface area contributed by atoms with Gasteiger partial charge in [-0.3, -0.25) is 0 Å². The zero-order chi connectivity index (χ0) is 12.0. The minimum absolute atomic E-state index is 0.182. The number of hydrogen-bond acceptors (Lipinski definition) is 3. The summed E-state index contributed by atoms with van der Waals surface area (Å²) in [7, 11) is 1.64. The minimum Gasteiger partial charge on any atom is -0.425 e. The normalized spacial score (nSPS) is 40.0. The molecule has 92 valence electrons. The molecule has 0 spiro atoms. The molecule has 3 aliphatic carbocycles. The number of methoxy groups -OCH3 is 1. The van der Waals surface area contributed by atoms with E-state index in [0.29, 0.717) is 5.92 Å². The topological polar surface area (TPSA) is 35.5 Å². The lowest BCUT2D eigenvalue weighted by atomic mass is 9.71. The van der Waals surface area contributed by atoms with Gasteiger partial charge in [0.05, 0.1) is 0 Å². The summed E-state index contributed by atoms with van der Waals surface area (Å²) in [6.45, 7) is 2.19. The highest BCUT2D eigenvalue weighted by Gasteiger charge is 2.51. The van der Waals surface area contributed by atoms with Gasteiger partial charge in [-0.15, -0.1) is 0 Å². The molecule has 3 heteroatoms. The molecule has 3 unspecified atom stereocenters. The molecule has 3 atom stereocenters. The molecule has 2 bridgehead atoms. The molecule has 0 N–H and O–H groups in total. The van der Waals surface area contributed by atoms with Crippen LogP contribution in [0.15, 0.2) is 23.3 Å². The molecule has 17 heavy (non-hydrogen) atoms. The predicted molar refractivity (Wildman–Crippen MR) is 63.1 cm³/mol. The SMILES string of the molecule is COC12OC(=O)C=C1CCC1CCC2C=C1C. The number of carbonyl (C=O) groups excluding carboxylic acids is 1. The van der Waals surface area contributed by atoms with Crippen molar-refractivity contribution in [3.8, 4) is 0 Å². The molecule has 3 nitrogen and oxygen atoms in total. The third kappa shape index (κ3) is 1.48. The second-order valence-electron chi connectivity index (χ2n) is 5.29. The number of esters is 1. The maximum Gasteiger partial charge on any atom is 0.333 e. The first-order valence-electron chi connectivity index (χ1n) is 6.33. The molecule has 0 aromatic rings. The molecule has 1 aliphatic heterocycles. The molecule has 0 aromatic carbocycles. The number of ether oxygens (including phenoxy) is 2. The van der Waals surface area contributed by atoms with Gasteiger partial charge in [-0.05, 0) is 38.5 Å². The molecular weight excluding hydrogens is 216 g/mol. The van der Waals surface area contributed by atoms with E-state index >= 15 is 0 Å². The molecule has 1 saturated carbocycles. The van der Waals surface area contributed by atoms with Crippen molar-refractivity contribution in [2.45, 2.75) is 38.4 Å². The van der Waals surface area contributed by atoms with Crippen molar-refractivity contribution in [3.63, 3.8) is 0 Å². The fourth-order valence-electron chi connectivity index (χ4n) is 3.52. The Morgan fingerprint density at radius 2 is 2.24 bits per heavy atom. The maximum absolute atomic E-state index is 11.6. The number of carbonyl (C=O) groups is 1. The largest absolute Gasteiger partial charge is 0.425 e. The van der Waals surface area contributed by atoms with Crippen molar-refractivity contribution >= 4 is 5.97 Å². The molecule has 1 heterocycles. The van der Waals surface area contributed by atoms with Crippen LogP contribution in [0.25, 0.3) is 0 Å². The van der Waals surface area contributed by atoms with E-state index in [4.69, 9.17) is 9.47 Å².